The molecule has 0 spiro atoms. The molecule has 0 saturated heterocycles. The zero-order valence-corrected chi connectivity index (χ0v) is 6.76. The van der Waals surface area contributed by atoms with Gasteiger partial charge in [-0.2, -0.15) is 13.2 Å². The van der Waals surface area contributed by atoms with Gasteiger partial charge in [-0.1, -0.05) is 0 Å². The lowest BCUT2D eigenvalue weighted by atomic mass is 10.3. The number of halogens is 3. The first-order chi connectivity index (χ1) is 5.93. The Morgan fingerprint density at radius 1 is 1.38 bits per heavy atom. The lowest BCUT2D eigenvalue weighted by molar-refractivity contribution is -0.141. The number of hydrogen-bond donors (Lipinski definition) is 1. The van der Waals surface area contributed by atoms with Gasteiger partial charge in [0.1, 0.15) is 11.5 Å². The van der Waals surface area contributed by atoms with Crippen LogP contribution < -0.4 is 0 Å². The molecule has 6 heteroatoms. The number of alkyl halides is 3. The summed E-state index contributed by atoms with van der Waals surface area (Å²) in [7, 11) is 0. The van der Waals surface area contributed by atoms with E-state index in [-0.39, 0.29) is 11.5 Å². The van der Waals surface area contributed by atoms with Crippen LogP contribution in [0.5, 0.6) is 0 Å². The topological polar surface area (TPSA) is 46.0 Å². The second kappa shape index (κ2) is 3.29. The minimum atomic E-state index is -4.49. The van der Waals surface area contributed by atoms with Gasteiger partial charge in [0.05, 0.1) is 12.3 Å². The number of rotatable bonds is 1. The van der Waals surface area contributed by atoms with Gasteiger partial charge in [-0.05, 0) is 13.0 Å². The van der Waals surface area contributed by atoms with Crippen LogP contribution in [-0.2, 0) is 12.8 Å². The Morgan fingerprint density at radius 2 is 2.00 bits per heavy atom. The van der Waals surface area contributed by atoms with E-state index in [1.54, 1.807) is 0 Å². The zero-order chi connectivity index (χ0) is 10.1. The number of aliphatic hydroxyl groups excluding tert-OH is 1. The Balaban J connectivity index is 3.16. The van der Waals surface area contributed by atoms with Crippen molar-refractivity contribution in [2.24, 2.45) is 0 Å². The second-order valence-electron chi connectivity index (χ2n) is 2.45. The van der Waals surface area contributed by atoms with E-state index >= 15 is 0 Å². The lowest BCUT2D eigenvalue weighted by Crippen LogP contribution is -2.11. The summed E-state index contributed by atoms with van der Waals surface area (Å²) in [6.07, 6.45) is -4.49. The normalized spacial score (nSPS) is 11.8. The summed E-state index contributed by atoms with van der Waals surface area (Å²) in [4.78, 5) is 6.81. The van der Waals surface area contributed by atoms with Crippen LogP contribution in [0.3, 0.4) is 0 Å². The molecule has 3 nitrogen and oxygen atoms in total. The summed E-state index contributed by atoms with van der Waals surface area (Å²) < 4.78 is 36.3. The molecule has 0 amide bonds. The highest BCUT2D eigenvalue weighted by atomic mass is 19.4. The third kappa shape index (κ3) is 2.38. The zero-order valence-electron chi connectivity index (χ0n) is 6.76. The summed E-state index contributed by atoms with van der Waals surface area (Å²) in [5, 5.41) is 8.59. The molecular weight excluding hydrogens is 185 g/mol. The third-order valence-corrected chi connectivity index (χ3v) is 1.34. The Morgan fingerprint density at radius 3 is 2.46 bits per heavy atom. The van der Waals surface area contributed by atoms with Gasteiger partial charge in [-0.3, -0.25) is 0 Å². The van der Waals surface area contributed by atoms with Gasteiger partial charge in [0.2, 0.25) is 0 Å². The molecule has 0 unspecified atom stereocenters. The van der Waals surface area contributed by atoms with Crippen LogP contribution in [0, 0.1) is 6.92 Å². The third-order valence-electron chi connectivity index (χ3n) is 1.34. The molecular formula is C7H7F3N2O. The first-order valence-electron chi connectivity index (χ1n) is 3.46. The average molecular weight is 192 g/mol. The van der Waals surface area contributed by atoms with Gasteiger partial charge in [0.25, 0.3) is 0 Å². The fourth-order valence-electron chi connectivity index (χ4n) is 0.856. The molecule has 0 fully saturated rings. The Hall–Kier alpha value is -1.17. The van der Waals surface area contributed by atoms with Crippen LogP contribution in [0.4, 0.5) is 13.2 Å². The molecule has 72 valence electrons. The Kier molecular flexibility index (Phi) is 2.51. The number of hydrogen-bond acceptors (Lipinski definition) is 3. The fourth-order valence-corrected chi connectivity index (χ4v) is 0.856. The molecule has 0 atom stereocenters. The van der Waals surface area contributed by atoms with Crippen LogP contribution in [0.25, 0.3) is 0 Å². The van der Waals surface area contributed by atoms with Crippen LogP contribution in [0.2, 0.25) is 0 Å². The lowest BCUT2D eigenvalue weighted by Gasteiger charge is -2.07. The van der Waals surface area contributed by atoms with Crippen molar-refractivity contribution < 1.29 is 18.3 Å². The molecule has 1 aromatic rings. The van der Waals surface area contributed by atoms with Gasteiger partial charge < -0.3 is 5.11 Å². The highest BCUT2D eigenvalue weighted by molar-refractivity contribution is 5.12. The van der Waals surface area contributed by atoms with Gasteiger partial charge >= 0.3 is 6.18 Å². The summed E-state index contributed by atoms with van der Waals surface area (Å²) in [5.74, 6) is -0.00104. The SMILES string of the molecule is Cc1nc(CO)cc(C(F)(F)F)n1. The molecule has 1 rings (SSSR count). The van der Waals surface area contributed by atoms with Crippen LogP contribution in [0.15, 0.2) is 6.07 Å². The van der Waals surface area contributed by atoms with Crippen LogP contribution in [-0.4, -0.2) is 15.1 Å². The quantitative estimate of drug-likeness (QED) is 0.729. The van der Waals surface area contributed by atoms with Crippen molar-refractivity contribution in [1.82, 2.24) is 9.97 Å². The van der Waals surface area contributed by atoms with Gasteiger partial charge in [0, 0.05) is 0 Å². The van der Waals surface area contributed by atoms with E-state index in [4.69, 9.17) is 5.11 Å². The summed E-state index contributed by atoms with van der Waals surface area (Å²) in [6, 6.07) is 0.729. The minimum absolute atomic E-state index is 0.00104. The average Bonchev–Trinajstić information content (AvgIpc) is 2.01. The largest absolute Gasteiger partial charge is 0.433 e. The number of nitrogens with zero attached hydrogens (tertiary/aromatic N) is 2. The first-order valence-corrected chi connectivity index (χ1v) is 3.46. The molecule has 0 aliphatic heterocycles. The maximum Gasteiger partial charge on any atom is 0.433 e. The van der Waals surface area contributed by atoms with E-state index in [9.17, 15) is 13.2 Å². The predicted octanol–water partition coefficient (Wildman–Crippen LogP) is 1.30. The molecule has 1 heterocycles. The minimum Gasteiger partial charge on any atom is -0.390 e. The number of aromatic nitrogens is 2. The molecule has 0 bridgehead atoms. The van der Waals surface area contributed by atoms with Crippen LogP contribution in [0.1, 0.15) is 17.2 Å². The summed E-state index contributed by atoms with van der Waals surface area (Å²) >= 11 is 0. The van der Waals surface area contributed by atoms with Gasteiger partial charge in [-0.25, -0.2) is 9.97 Å². The van der Waals surface area contributed by atoms with Crippen molar-refractivity contribution in [3.05, 3.63) is 23.3 Å². The van der Waals surface area contributed by atoms with E-state index in [0.29, 0.717) is 0 Å². The van der Waals surface area contributed by atoms with Crippen molar-refractivity contribution >= 4 is 0 Å². The smallest absolute Gasteiger partial charge is 0.390 e. The summed E-state index contributed by atoms with van der Waals surface area (Å²) in [5.41, 5.74) is -1.05. The van der Waals surface area contributed by atoms with E-state index < -0.39 is 18.5 Å². The van der Waals surface area contributed by atoms with E-state index in [0.717, 1.165) is 6.07 Å². The second-order valence-corrected chi connectivity index (χ2v) is 2.45. The van der Waals surface area contributed by atoms with Crippen molar-refractivity contribution in [3.8, 4) is 0 Å². The van der Waals surface area contributed by atoms with E-state index in [1.165, 1.54) is 6.92 Å². The van der Waals surface area contributed by atoms with Crippen LogP contribution >= 0.6 is 0 Å². The van der Waals surface area contributed by atoms with Gasteiger partial charge in [0.15, 0.2) is 0 Å². The van der Waals surface area contributed by atoms with Crippen molar-refractivity contribution in [1.29, 1.82) is 0 Å². The van der Waals surface area contributed by atoms with Crippen molar-refractivity contribution in [3.63, 3.8) is 0 Å². The number of aryl methyl sites for hydroxylation is 1. The first kappa shape index (κ1) is 9.91. The monoisotopic (exact) mass is 192 g/mol. The maximum atomic E-state index is 12.1. The molecule has 1 N–H and O–H groups in total. The van der Waals surface area contributed by atoms with Gasteiger partial charge in [-0.15, -0.1) is 0 Å². The molecule has 0 aliphatic carbocycles. The van der Waals surface area contributed by atoms with E-state index in [2.05, 4.69) is 9.97 Å². The molecule has 13 heavy (non-hydrogen) atoms. The predicted molar refractivity (Wildman–Crippen MR) is 37.7 cm³/mol. The Bertz CT molecular complexity index is 311. The molecule has 0 saturated carbocycles. The Labute approximate surface area is 72.3 Å². The highest BCUT2D eigenvalue weighted by Gasteiger charge is 2.33. The molecule has 0 aliphatic rings. The molecule has 0 radical (unpaired) electrons. The summed E-state index contributed by atoms with van der Waals surface area (Å²) in [6.45, 7) is 0.820. The number of aliphatic hydroxyl groups is 1. The maximum absolute atomic E-state index is 12.1. The molecule has 1 aromatic heterocycles. The highest BCUT2D eigenvalue weighted by Crippen LogP contribution is 2.27. The fraction of sp³-hybridized carbons (Fsp3) is 0.429. The van der Waals surface area contributed by atoms with E-state index in [1.807, 2.05) is 0 Å². The van der Waals surface area contributed by atoms with Crippen molar-refractivity contribution in [2.75, 3.05) is 0 Å². The molecule has 0 aromatic carbocycles. The van der Waals surface area contributed by atoms with Crippen molar-refractivity contribution in [2.45, 2.75) is 19.7 Å². The standard InChI is InChI=1S/C7H7F3N2O/c1-4-11-5(3-13)2-6(12-4)7(8,9)10/h2,13H,3H2,1H3.